The predicted octanol–water partition coefficient (Wildman–Crippen LogP) is 4.04. The Labute approximate surface area is 179 Å². The molecule has 4 aromatic rings. The molecule has 1 amide bonds. The monoisotopic (exact) mass is 418 g/mol. The number of benzene rings is 1. The highest BCUT2D eigenvalue weighted by Crippen LogP contribution is 2.34. The molecule has 3 heterocycles. The molecule has 30 heavy (non-hydrogen) atoms. The van der Waals surface area contributed by atoms with Crippen LogP contribution in [0.1, 0.15) is 5.56 Å². The minimum absolute atomic E-state index is 0.0173. The SMILES string of the molecule is COc1ccc(CC(=O)NCCn2ncc(-c3cccs3)c2-c2ccncc2)cc1. The second-order valence-corrected chi connectivity index (χ2v) is 7.67. The van der Waals surface area contributed by atoms with Gasteiger partial charge in [0.2, 0.25) is 5.91 Å². The Morgan fingerprint density at radius 3 is 2.63 bits per heavy atom. The number of aromatic nitrogens is 3. The normalized spacial score (nSPS) is 10.7. The average molecular weight is 419 g/mol. The summed E-state index contributed by atoms with van der Waals surface area (Å²) in [5, 5.41) is 9.63. The standard InChI is InChI=1S/C23H22N4O2S/c1-29-19-6-4-17(5-7-19)15-22(28)25-12-13-27-23(18-8-10-24-11-9-18)20(16-26-27)21-3-2-14-30-21/h2-11,14,16H,12-13,15H2,1H3,(H,25,28). The van der Waals surface area contributed by atoms with Gasteiger partial charge in [-0.2, -0.15) is 5.10 Å². The lowest BCUT2D eigenvalue weighted by molar-refractivity contribution is -0.120. The zero-order chi connectivity index (χ0) is 20.8. The first kappa shape index (κ1) is 19.8. The number of rotatable bonds is 8. The fourth-order valence-electron chi connectivity index (χ4n) is 3.27. The number of methoxy groups -OCH3 is 1. The number of nitrogens with zero attached hydrogens (tertiary/aromatic N) is 3. The van der Waals surface area contributed by atoms with E-state index < -0.39 is 0 Å². The van der Waals surface area contributed by atoms with Gasteiger partial charge in [0.25, 0.3) is 0 Å². The largest absolute Gasteiger partial charge is 0.497 e. The van der Waals surface area contributed by atoms with Gasteiger partial charge in [0.05, 0.1) is 32.0 Å². The summed E-state index contributed by atoms with van der Waals surface area (Å²) >= 11 is 1.68. The van der Waals surface area contributed by atoms with E-state index in [1.165, 1.54) is 0 Å². The molecule has 0 atom stereocenters. The molecule has 0 saturated carbocycles. The van der Waals surface area contributed by atoms with Gasteiger partial charge in [-0.15, -0.1) is 11.3 Å². The highest BCUT2D eigenvalue weighted by Gasteiger charge is 2.15. The third-order valence-electron chi connectivity index (χ3n) is 4.75. The van der Waals surface area contributed by atoms with Crippen molar-refractivity contribution in [3.05, 3.63) is 78.1 Å². The van der Waals surface area contributed by atoms with Gasteiger partial charge in [0.15, 0.2) is 0 Å². The Morgan fingerprint density at radius 1 is 1.13 bits per heavy atom. The molecular weight excluding hydrogens is 396 g/mol. The summed E-state index contributed by atoms with van der Waals surface area (Å²) < 4.78 is 7.09. The molecule has 0 spiro atoms. The highest BCUT2D eigenvalue weighted by molar-refractivity contribution is 7.13. The first-order valence-electron chi connectivity index (χ1n) is 9.64. The van der Waals surface area contributed by atoms with Crippen molar-refractivity contribution >= 4 is 17.2 Å². The second-order valence-electron chi connectivity index (χ2n) is 6.72. The molecule has 0 saturated heterocycles. The minimum atomic E-state index is -0.0173. The van der Waals surface area contributed by atoms with E-state index in [4.69, 9.17) is 4.74 Å². The number of carbonyl (C=O) groups is 1. The van der Waals surface area contributed by atoms with Gasteiger partial charge in [-0.3, -0.25) is 14.5 Å². The van der Waals surface area contributed by atoms with Crippen LogP contribution in [0.25, 0.3) is 21.7 Å². The van der Waals surface area contributed by atoms with E-state index in [2.05, 4.69) is 26.8 Å². The number of carbonyl (C=O) groups excluding carboxylic acids is 1. The average Bonchev–Trinajstić information content (AvgIpc) is 3.45. The lowest BCUT2D eigenvalue weighted by Gasteiger charge is -2.11. The van der Waals surface area contributed by atoms with Crippen molar-refractivity contribution in [1.29, 1.82) is 0 Å². The Morgan fingerprint density at radius 2 is 1.93 bits per heavy atom. The topological polar surface area (TPSA) is 69.0 Å². The van der Waals surface area contributed by atoms with Gasteiger partial charge < -0.3 is 10.1 Å². The Bertz CT molecular complexity index is 1090. The van der Waals surface area contributed by atoms with Crippen LogP contribution in [0.2, 0.25) is 0 Å². The molecule has 0 aliphatic heterocycles. The molecule has 0 unspecified atom stereocenters. The van der Waals surface area contributed by atoms with Crippen molar-refractivity contribution in [1.82, 2.24) is 20.1 Å². The Kier molecular flexibility index (Phi) is 6.20. The van der Waals surface area contributed by atoms with Crippen molar-refractivity contribution in [3.63, 3.8) is 0 Å². The Hall–Kier alpha value is -3.45. The number of hydrogen-bond donors (Lipinski definition) is 1. The lowest BCUT2D eigenvalue weighted by atomic mass is 10.1. The maximum atomic E-state index is 12.3. The summed E-state index contributed by atoms with van der Waals surface area (Å²) in [7, 11) is 1.63. The molecular formula is C23H22N4O2S. The highest BCUT2D eigenvalue weighted by atomic mass is 32.1. The molecule has 1 N–H and O–H groups in total. The van der Waals surface area contributed by atoms with Crippen LogP contribution in [0.15, 0.2) is 72.5 Å². The van der Waals surface area contributed by atoms with Crippen LogP contribution in [0, 0.1) is 0 Å². The number of ether oxygens (including phenoxy) is 1. The van der Waals surface area contributed by atoms with Crippen molar-refractivity contribution in [2.75, 3.05) is 13.7 Å². The summed E-state index contributed by atoms with van der Waals surface area (Å²) in [5.74, 6) is 0.763. The number of hydrogen-bond acceptors (Lipinski definition) is 5. The zero-order valence-corrected chi connectivity index (χ0v) is 17.4. The third-order valence-corrected chi connectivity index (χ3v) is 5.65. The molecule has 6 nitrogen and oxygen atoms in total. The summed E-state index contributed by atoms with van der Waals surface area (Å²) in [6.07, 6.45) is 5.78. The number of thiophene rings is 1. The Balaban J connectivity index is 1.44. The summed E-state index contributed by atoms with van der Waals surface area (Å²) in [6.45, 7) is 1.08. The van der Waals surface area contributed by atoms with Gasteiger partial charge in [-0.1, -0.05) is 18.2 Å². The molecule has 0 fully saturated rings. The first-order chi connectivity index (χ1) is 14.7. The molecule has 4 rings (SSSR count). The maximum absolute atomic E-state index is 12.3. The van der Waals surface area contributed by atoms with E-state index in [-0.39, 0.29) is 5.91 Å². The van der Waals surface area contributed by atoms with Crippen LogP contribution in [-0.4, -0.2) is 34.3 Å². The molecule has 0 aliphatic rings. The van der Waals surface area contributed by atoms with Crippen molar-refractivity contribution in [2.45, 2.75) is 13.0 Å². The quantitative estimate of drug-likeness (QED) is 0.469. The molecule has 7 heteroatoms. The van der Waals surface area contributed by atoms with E-state index in [1.807, 2.05) is 53.3 Å². The smallest absolute Gasteiger partial charge is 0.224 e. The molecule has 152 valence electrons. The van der Waals surface area contributed by atoms with Crippen LogP contribution in [-0.2, 0) is 17.8 Å². The van der Waals surface area contributed by atoms with Crippen LogP contribution >= 0.6 is 11.3 Å². The van der Waals surface area contributed by atoms with E-state index >= 15 is 0 Å². The van der Waals surface area contributed by atoms with Crippen molar-refractivity contribution in [2.24, 2.45) is 0 Å². The fraction of sp³-hybridized carbons (Fsp3) is 0.174. The second kappa shape index (κ2) is 9.37. The maximum Gasteiger partial charge on any atom is 0.224 e. The molecule has 0 bridgehead atoms. The summed E-state index contributed by atoms with van der Waals surface area (Å²) in [6, 6.07) is 15.6. The predicted molar refractivity (Wildman–Crippen MR) is 118 cm³/mol. The van der Waals surface area contributed by atoms with E-state index in [1.54, 1.807) is 30.8 Å². The number of amides is 1. The van der Waals surface area contributed by atoms with Gasteiger partial charge >= 0.3 is 0 Å². The van der Waals surface area contributed by atoms with Crippen LogP contribution < -0.4 is 10.1 Å². The van der Waals surface area contributed by atoms with Crippen LogP contribution in [0.5, 0.6) is 5.75 Å². The molecule has 1 aromatic carbocycles. The van der Waals surface area contributed by atoms with E-state index in [0.29, 0.717) is 19.5 Å². The third kappa shape index (κ3) is 4.58. The molecule has 3 aromatic heterocycles. The lowest BCUT2D eigenvalue weighted by Crippen LogP contribution is -2.29. The zero-order valence-electron chi connectivity index (χ0n) is 16.6. The fourth-order valence-corrected chi connectivity index (χ4v) is 4.01. The summed E-state index contributed by atoms with van der Waals surface area (Å²) in [4.78, 5) is 17.6. The number of nitrogens with one attached hydrogen (secondary N) is 1. The molecule has 0 radical (unpaired) electrons. The van der Waals surface area contributed by atoms with Gasteiger partial charge in [-0.05, 0) is 41.3 Å². The van der Waals surface area contributed by atoms with E-state index in [9.17, 15) is 4.79 Å². The van der Waals surface area contributed by atoms with Crippen LogP contribution in [0.3, 0.4) is 0 Å². The number of pyridine rings is 1. The minimum Gasteiger partial charge on any atom is -0.497 e. The summed E-state index contributed by atoms with van der Waals surface area (Å²) in [5.41, 5.74) is 4.12. The van der Waals surface area contributed by atoms with Crippen molar-refractivity contribution < 1.29 is 9.53 Å². The van der Waals surface area contributed by atoms with Crippen molar-refractivity contribution in [3.8, 4) is 27.4 Å². The van der Waals surface area contributed by atoms with Gasteiger partial charge in [0.1, 0.15) is 5.75 Å². The van der Waals surface area contributed by atoms with Crippen LogP contribution in [0.4, 0.5) is 0 Å². The van der Waals surface area contributed by atoms with E-state index in [0.717, 1.165) is 33.0 Å². The van der Waals surface area contributed by atoms with Gasteiger partial charge in [0, 0.05) is 34.9 Å². The van der Waals surface area contributed by atoms with Gasteiger partial charge in [-0.25, -0.2) is 0 Å². The first-order valence-corrected chi connectivity index (χ1v) is 10.5. The molecule has 0 aliphatic carbocycles.